The van der Waals surface area contributed by atoms with Crippen LogP contribution in [0.5, 0.6) is 5.75 Å². The van der Waals surface area contributed by atoms with Crippen LogP contribution in [0.1, 0.15) is 64.1 Å². The number of benzene rings is 3. The number of nitrogens with zero attached hydrogens (tertiary/aromatic N) is 1. The summed E-state index contributed by atoms with van der Waals surface area (Å²) >= 11 is 0. The molecule has 0 heterocycles. The summed E-state index contributed by atoms with van der Waals surface area (Å²) < 4.78 is 5.27. The van der Waals surface area contributed by atoms with Crippen LogP contribution in [-0.4, -0.2) is 60.7 Å². The minimum Gasteiger partial charge on any atom is -0.497 e. The van der Waals surface area contributed by atoms with Crippen molar-refractivity contribution in [2.75, 3.05) is 26.7 Å². The van der Waals surface area contributed by atoms with Crippen molar-refractivity contribution in [1.29, 1.82) is 0 Å². The molecule has 0 bridgehead atoms. The molecule has 40 heavy (non-hydrogen) atoms. The zero-order valence-corrected chi connectivity index (χ0v) is 24.2. The van der Waals surface area contributed by atoms with Gasteiger partial charge in [-0.3, -0.25) is 9.59 Å². The molecule has 0 saturated carbocycles. The molecule has 3 aromatic carbocycles. The minimum absolute atomic E-state index is 0.0682. The average molecular weight is 546 g/mol. The van der Waals surface area contributed by atoms with E-state index in [2.05, 4.69) is 10.6 Å². The molecular weight excluding hydrogens is 502 g/mol. The van der Waals surface area contributed by atoms with Gasteiger partial charge in [0.15, 0.2) is 0 Å². The quantitative estimate of drug-likeness (QED) is 0.256. The van der Waals surface area contributed by atoms with Crippen LogP contribution in [0.25, 0.3) is 0 Å². The van der Waals surface area contributed by atoms with E-state index < -0.39 is 12.1 Å². The maximum atomic E-state index is 13.5. The summed E-state index contributed by atoms with van der Waals surface area (Å²) in [5, 5.41) is 17.5. The molecule has 0 radical (unpaired) electrons. The number of amides is 2. The van der Waals surface area contributed by atoms with Crippen molar-refractivity contribution >= 4 is 11.8 Å². The van der Waals surface area contributed by atoms with E-state index in [1.54, 1.807) is 19.2 Å². The Morgan fingerprint density at radius 3 is 2.17 bits per heavy atom. The van der Waals surface area contributed by atoms with Gasteiger partial charge >= 0.3 is 0 Å². The van der Waals surface area contributed by atoms with Crippen LogP contribution >= 0.6 is 0 Å². The molecule has 0 aliphatic rings. The Morgan fingerprint density at radius 1 is 0.900 bits per heavy atom. The number of aliphatic hydroxyl groups is 1. The molecule has 2 atom stereocenters. The molecule has 2 amide bonds. The van der Waals surface area contributed by atoms with E-state index in [-0.39, 0.29) is 11.8 Å². The van der Waals surface area contributed by atoms with E-state index in [0.717, 1.165) is 35.3 Å². The Bertz CT molecular complexity index is 1210. The summed E-state index contributed by atoms with van der Waals surface area (Å²) in [6, 6.07) is 22.3. The highest BCUT2D eigenvalue weighted by Gasteiger charge is 2.24. The monoisotopic (exact) mass is 545 g/mol. The number of hydrogen-bond donors (Lipinski definition) is 3. The second kappa shape index (κ2) is 15.8. The predicted molar refractivity (Wildman–Crippen MR) is 160 cm³/mol. The number of ether oxygens (including phenoxy) is 1. The van der Waals surface area contributed by atoms with E-state index in [0.29, 0.717) is 43.7 Å². The molecule has 0 saturated heterocycles. The van der Waals surface area contributed by atoms with E-state index in [9.17, 15) is 14.7 Å². The fourth-order valence-electron chi connectivity index (χ4n) is 4.73. The largest absolute Gasteiger partial charge is 0.497 e. The van der Waals surface area contributed by atoms with Gasteiger partial charge in [0.25, 0.3) is 11.8 Å². The van der Waals surface area contributed by atoms with Crippen LogP contribution in [0.2, 0.25) is 0 Å². The Morgan fingerprint density at radius 2 is 1.55 bits per heavy atom. The summed E-state index contributed by atoms with van der Waals surface area (Å²) in [7, 11) is 1.62. The summed E-state index contributed by atoms with van der Waals surface area (Å²) in [4.78, 5) is 28.6. The molecule has 0 unspecified atom stereocenters. The third kappa shape index (κ3) is 9.21. The molecule has 0 aliphatic heterocycles. The second-order valence-electron chi connectivity index (χ2n) is 10.2. The van der Waals surface area contributed by atoms with Crippen molar-refractivity contribution < 1.29 is 19.4 Å². The van der Waals surface area contributed by atoms with Crippen LogP contribution in [0.15, 0.2) is 72.8 Å². The van der Waals surface area contributed by atoms with Gasteiger partial charge in [0.1, 0.15) is 5.75 Å². The Labute approximate surface area is 238 Å². The van der Waals surface area contributed by atoms with Crippen LogP contribution in [0, 0.1) is 6.92 Å². The maximum Gasteiger partial charge on any atom is 0.253 e. The fourth-order valence-corrected chi connectivity index (χ4v) is 4.73. The van der Waals surface area contributed by atoms with Crippen molar-refractivity contribution in [3.63, 3.8) is 0 Å². The number of aryl methyl sites for hydroxylation is 1. The van der Waals surface area contributed by atoms with Gasteiger partial charge in [-0.15, -0.1) is 0 Å². The molecule has 3 aromatic rings. The minimum atomic E-state index is -0.842. The molecule has 0 fully saturated rings. The van der Waals surface area contributed by atoms with Crippen molar-refractivity contribution in [1.82, 2.24) is 15.5 Å². The number of nitrogens with one attached hydrogen (secondary N) is 2. The van der Waals surface area contributed by atoms with Gasteiger partial charge in [0, 0.05) is 37.3 Å². The van der Waals surface area contributed by atoms with Gasteiger partial charge in [0.05, 0.1) is 19.3 Å². The Hall–Kier alpha value is -3.68. The van der Waals surface area contributed by atoms with Crippen LogP contribution < -0.4 is 15.4 Å². The lowest BCUT2D eigenvalue weighted by atomic mass is 9.99. The molecule has 0 spiro atoms. The van der Waals surface area contributed by atoms with Gasteiger partial charge in [0.2, 0.25) is 0 Å². The molecule has 7 heteroatoms. The first kappa shape index (κ1) is 30.9. The zero-order chi connectivity index (χ0) is 28.9. The molecule has 214 valence electrons. The smallest absolute Gasteiger partial charge is 0.253 e. The molecule has 0 aliphatic carbocycles. The normalized spacial score (nSPS) is 12.4. The van der Waals surface area contributed by atoms with Crippen LogP contribution in [0.3, 0.4) is 0 Å². The number of carbonyl (C=O) groups is 2. The van der Waals surface area contributed by atoms with Crippen molar-refractivity contribution in [2.24, 2.45) is 0 Å². The van der Waals surface area contributed by atoms with Crippen LogP contribution in [0.4, 0.5) is 0 Å². The maximum absolute atomic E-state index is 13.5. The van der Waals surface area contributed by atoms with Gasteiger partial charge in [-0.1, -0.05) is 56.3 Å². The van der Waals surface area contributed by atoms with E-state index in [4.69, 9.17) is 4.74 Å². The van der Waals surface area contributed by atoms with E-state index >= 15 is 0 Å². The lowest BCUT2D eigenvalue weighted by Crippen LogP contribution is -2.48. The lowest BCUT2D eigenvalue weighted by molar-refractivity contribution is 0.0755. The summed E-state index contributed by atoms with van der Waals surface area (Å²) in [6.07, 6.45) is 1.33. The summed E-state index contributed by atoms with van der Waals surface area (Å²) in [6.45, 7) is 8.24. The molecule has 3 N–H and O–H groups in total. The topological polar surface area (TPSA) is 90.9 Å². The number of carbonyl (C=O) groups excluding carboxylic acids is 2. The number of methoxy groups -OCH3 is 1. The van der Waals surface area contributed by atoms with Crippen molar-refractivity contribution in [2.45, 2.75) is 58.7 Å². The molecule has 7 nitrogen and oxygen atoms in total. The second-order valence-corrected chi connectivity index (χ2v) is 10.2. The van der Waals surface area contributed by atoms with Crippen molar-refractivity contribution in [3.05, 3.63) is 101 Å². The molecule has 3 rings (SSSR count). The highest BCUT2D eigenvalue weighted by atomic mass is 16.5. The summed E-state index contributed by atoms with van der Waals surface area (Å²) in [5.41, 5.74) is 3.82. The van der Waals surface area contributed by atoms with E-state index in [1.807, 2.05) is 86.3 Å². The van der Waals surface area contributed by atoms with Crippen molar-refractivity contribution in [3.8, 4) is 5.75 Å². The van der Waals surface area contributed by atoms with Gasteiger partial charge in [-0.25, -0.2) is 0 Å². The molecule has 0 aromatic heterocycles. The Balaban J connectivity index is 1.78. The first-order valence-corrected chi connectivity index (χ1v) is 14.1. The third-order valence-electron chi connectivity index (χ3n) is 6.78. The van der Waals surface area contributed by atoms with E-state index in [1.165, 1.54) is 0 Å². The molecular formula is C33H43N3O4. The summed E-state index contributed by atoms with van der Waals surface area (Å²) in [5.74, 6) is 0.351. The number of hydrogen-bond acceptors (Lipinski definition) is 5. The average Bonchev–Trinajstić information content (AvgIpc) is 2.96. The highest BCUT2D eigenvalue weighted by Crippen LogP contribution is 2.16. The first-order chi connectivity index (χ1) is 19.3. The number of rotatable bonds is 15. The van der Waals surface area contributed by atoms with Gasteiger partial charge in [-0.2, -0.15) is 0 Å². The highest BCUT2D eigenvalue weighted by molar-refractivity contribution is 6.00. The first-order valence-electron chi connectivity index (χ1n) is 14.1. The van der Waals surface area contributed by atoms with Gasteiger partial charge < -0.3 is 25.4 Å². The number of aliphatic hydroxyl groups excluding tert-OH is 1. The van der Waals surface area contributed by atoms with Gasteiger partial charge in [-0.05, 0) is 73.2 Å². The lowest BCUT2D eigenvalue weighted by Gasteiger charge is -2.25. The third-order valence-corrected chi connectivity index (χ3v) is 6.78. The zero-order valence-electron chi connectivity index (χ0n) is 24.2. The Kier molecular flexibility index (Phi) is 12.2. The fraction of sp³-hybridized carbons (Fsp3) is 0.394. The SMILES string of the molecule is CCCN(CCC)C(=O)c1cc(C)cc(C(=O)N[C@@H](Cc2ccc(OC)cc2)[C@H](O)CNCc2ccccc2)c1. The van der Waals surface area contributed by atoms with Crippen LogP contribution in [-0.2, 0) is 13.0 Å². The predicted octanol–water partition coefficient (Wildman–Crippen LogP) is 4.76. The standard InChI is InChI=1S/C33H43N3O4/c1-5-16-36(17-6-2)33(39)28-19-24(3)18-27(21-28)32(38)35-30(20-25-12-14-29(40-4)15-13-25)31(37)23-34-22-26-10-8-7-9-11-26/h7-15,18-19,21,30-31,34,37H,5-6,16-17,20,22-23H2,1-4H3,(H,35,38)/t30-,31+/m0/s1.